The number of aliphatic hydroxyl groups is 2. The molecule has 2 aliphatic heterocycles. The van der Waals surface area contributed by atoms with Gasteiger partial charge in [-0.2, -0.15) is 0 Å². The Bertz CT molecular complexity index is 1330. The van der Waals surface area contributed by atoms with Crippen LogP contribution in [0.25, 0.3) is 0 Å². The van der Waals surface area contributed by atoms with Crippen LogP contribution in [0.1, 0.15) is 61.3 Å². The standard InChI is InChI=1S/C33H40ClN3O5/c1-3-35-32(39)36-28-6-4-5-25(19-28)31-41-29(22(2)30(42-31)24-9-7-23(21-38)8-10-24)20-37-17-15-33(40,16-18-37)26-11-13-27(34)14-12-26/h4-14,19,22,29-31,38,40H,3,15-18,20-21H2,1-2H3,(H2,35,36,39)/t22-,29+,30+,31?/m0/s1. The molecule has 3 aromatic carbocycles. The zero-order valence-electron chi connectivity index (χ0n) is 24.1. The molecule has 4 N–H and O–H groups in total. The molecule has 8 nitrogen and oxygen atoms in total. The second-order valence-electron chi connectivity index (χ2n) is 11.3. The number of nitrogens with one attached hydrogen (secondary N) is 2. The van der Waals surface area contributed by atoms with Gasteiger partial charge in [0.05, 0.1) is 24.4 Å². The normalized spacial score (nSPS) is 24.2. The van der Waals surface area contributed by atoms with Crippen LogP contribution in [0.2, 0.25) is 5.02 Å². The molecule has 4 atom stereocenters. The number of hydrogen-bond acceptors (Lipinski definition) is 6. The van der Waals surface area contributed by atoms with Gasteiger partial charge in [0.1, 0.15) is 0 Å². The molecule has 0 saturated carbocycles. The quantitative estimate of drug-likeness (QED) is 0.265. The van der Waals surface area contributed by atoms with Crippen molar-refractivity contribution in [1.29, 1.82) is 0 Å². The van der Waals surface area contributed by atoms with Crippen LogP contribution in [0.15, 0.2) is 72.8 Å². The summed E-state index contributed by atoms with van der Waals surface area (Å²) in [5.74, 6) is 0.0370. The number of piperidine rings is 1. The van der Waals surface area contributed by atoms with Gasteiger partial charge in [-0.3, -0.25) is 0 Å². The van der Waals surface area contributed by atoms with Gasteiger partial charge in [-0.05, 0) is 60.7 Å². The predicted molar refractivity (Wildman–Crippen MR) is 163 cm³/mol. The number of rotatable bonds is 8. The highest BCUT2D eigenvalue weighted by atomic mass is 35.5. The third-order valence-corrected chi connectivity index (χ3v) is 8.63. The number of amides is 2. The molecular weight excluding hydrogens is 554 g/mol. The van der Waals surface area contributed by atoms with Crippen molar-refractivity contribution in [2.24, 2.45) is 5.92 Å². The lowest BCUT2D eigenvalue weighted by Gasteiger charge is -2.45. The minimum absolute atomic E-state index is 0.0154. The minimum Gasteiger partial charge on any atom is -0.392 e. The highest BCUT2D eigenvalue weighted by Crippen LogP contribution is 2.43. The molecule has 0 radical (unpaired) electrons. The van der Waals surface area contributed by atoms with Gasteiger partial charge in [0, 0.05) is 48.4 Å². The lowest BCUT2D eigenvalue weighted by atomic mass is 9.84. The molecule has 2 aliphatic rings. The van der Waals surface area contributed by atoms with E-state index in [0.717, 1.165) is 35.3 Å². The van der Waals surface area contributed by atoms with Crippen LogP contribution < -0.4 is 10.6 Å². The first-order valence-electron chi connectivity index (χ1n) is 14.6. The highest BCUT2D eigenvalue weighted by molar-refractivity contribution is 6.30. The third kappa shape index (κ3) is 7.14. The van der Waals surface area contributed by atoms with Crippen molar-refractivity contribution in [3.8, 4) is 0 Å². The van der Waals surface area contributed by atoms with Crippen LogP contribution >= 0.6 is 11.6 Å². The topological polar surface area (TPSA) is 103 Å². The van der Waals surface area contributed by atoms with Crippen LogP contribution in [0.4, 0.5) is 10.5 Å². The number of benzene rings is 3. The summed E-state index contributed by atoms with van der Waals surface area (Å²) in [6.45, 7) is 6.70. The van der Waals surface area contributed by atoms with Gasteiger partial charge in [-0.1, -0.05) is 67.1 Å². The fourth-order valence-corrected chi connectivity index (χ4v) is 5.96. The van der Waals surface area contributed by atoms with E-state index in [4.69, 9.17) is 21.1 Å². The number of likely N-dealkylation sites (tertiary alicyclic amines) is 1. The summed E-state index contributed by atoms with van der Waals surface area (Å²) >= 11 is 6.07. The Balaban J connectivity index is 1.34. The number of ether oxygens (including phenoxy) is 2. The number of urea groups is 1. The monoisotopic (exact) mass is 593 g/mol. The van der Waals surface area contributed by atoms with Crippen LogP contribution in [0.5, 0.6) is 0 Å². The SMILES string of the molecule is CCNC(=O)Nc1cccc(C2O[C@H](CN3CCC(O)(c4ccc(Cl)cc4)CC3)[C@H](C)[C@H](c3ccc(CO)cc3)O2)c1. The maximum atomic E-state index is 12.1. The molecule has 2 amide bonds. The minimum atomic E-state index is -0.875. The molecule has 9 heteroatoms. The van der Waals surface area contributed by atoms with E-state index in [1.54, 1.807) is 0 Å². The number of carbonyl (C=O) groups excluding carboxylic acids is 1. The van der Waals surface area contributed by atoms with Gasteiger partial charge < -0.3 is 35.2 Å². The van der Waals surface area contributed by atoms with Crippen LogP contribution in [0.3, 0.4) is 0 Å². The lowest BCUT2D eigenvalue weighted by molar-refractivity contribution is -0.277. The number of nitrogens with zero attached hydrogens (tertiary/aromatic N) is 1. The van der Waals surface area contributed by atoms with Gasteiger partial charge in [-0.15, -0.1) is 0 Å². The average Bonchev–Trinajstić information content (AvgIpc) is 3.00. The van der Waals surface area contributed by atoms with Gasteiger partial charge >= 0.3 is 6.03 Å². The van der Waals surface area contributed by atoms with Gasteiger partial charge in [-0.25, -0.2) is 4.79 Å². The summed E-state index contributed by atoms with van der Waals surface area (Å²) in [7, 11) is 0. The zero-order chi connectivity index (χ0) is 29.7. The van der Waals surface area contributed by atoms with E-state index in [1.165, 1.54) is 0 Å². The average molecular weight is 594 g/mol. The molecule has 1 unspecified atom stereocenters. The Hall–Kier alpha value is -2.98. The largest absolute Gasteiger partial charge is 0.392 e. The summed E-state index contributed by atoms with van der Waals surface area (Å²) in [4.78, 5) is 14.5. The summed E-state index contributed by atoms with van der Waals surface area (Å²) < 4.78 is 13.2. The van der Waals surface area contributed by atoms with E-state index in [9.17, 15) is 15.0 Å². The van der Waals surface area contributed by atoms with Crippen molar-refractivity contribution in [1.82, 2.24) is 10.2 Å². The maximum absolute atomic E-state index is 12.1. The summed E-state index contributed by atoms with van der Waals surface area (Å²) in [5.41, 5.74) is 3.36. The Labute approximate surface area is 252 Å². The van der Waals surface area contributed by atoms with Crippen LogP contribution in [0, 0.1) is 5.92 Å². The summed E-state index contributed by atoms with van der Waals surface area (Å²) in [6, 6.07) is 22.6. The van der Waals surface area contributed by atoms with Crippen molar-refractivity contribution >= 4 is 23.3 Å². The Morgan fingerprint density at radius 3 is 2.40 bits per heavy atom. The van der Waals surface area contributed by atoms with Crippen molar-refractivity contribution in [2.45, 2.75) is 57.4 Å². The van der Waals surface area contributed by atoms with Crippen molar-refractivity contribution in [2.75, 3.05) is 31.5 Å². The molecular formula is C33H40ClN3O5. The van der Waals surface area contributed by atoms with Crippen molar-refractivity contribution in [3.63, 3.8) is 0 Å². The third-order valence-electron chi connectivity index (χ3n) is 8.38. The molecule has 2 saturated heterocycles. The van der Waals surface area contributed by atoms with Gasteiger partial charge in [0.25, 0.3) is 0 Å². The van der Waals surface area contributed by atoms with Crippen molar-refractivity contribution in [3.05, 3.63) is 100 Å². The molecule has 2 heterocycles. The number of aliphatic hydroxyl groups excluding tert-OH is 1. The fourth-order valence-electron chi connectivity index (χ4n) is 5.84. The van der Waals surface area contributed by atoms with E-state index >= 15 is 0 Å². The molecule has 0 aliphatic carbocycles. The summed E-state index contributed by atoms with van der Waals surface area (Å²) in [6.07, 6.45) is 0.218. The zero-order valence-corrected chi connectivity index (χ0v) is 24.9. The van der Waals surface area contributed by atoms with E-state index in [0.29, 0.717) is 36.6 Å². The van der Waals surface area contributed by atoms with E-state index < -0.39 is 11.9 Å². The Kier molecular flexibility index (Phi) is 9.83. The first-order chi connectivity index (χ1) is 20.3. The van der Waals surface area contributed by atoms with E-state index in [2.05, 4.69) is 22.5 Å². The van der Waals surface area contributed by atoms with Crippen molar-refractivity contribution < 1.29 is 24.5 Å². The van der Waals surface area contributed by atoms with Crippen LogP contribution in [-0.2, 0) is 21.7 Å². The second-order valence-corrected chi connectivity index (χ2v) is 11.7. The highest BCUT2D eigenvalue weighted by Gasteiger charge is 2.41. The summed E-state index contributed by atoms with van der Waals surface area (Å²) in [5, 5.41) is 27.2. The lowest BCUT2D eigenvalue weighted by Crippen LogP contribution is -2.49. The first-order valence-corrected chi connectivity index (χ1v) is 15.0. The molecule has 5 rings (SSSR count). The van der Waals surface area contributed by atoms with Gasteiger partial charge in [0.2, 0.25) is 0 Å². The molecule has 42 heavy (non-hydrogen) atoms. The smallest absolute Gasteiger partial charge is 0.319 e. The second kappa shape index (κ2) is 13.5. The Morgan fingerprint density at radius 2 is 1.74 bits per heavy atom. The Morgan fingerprint density at radius 1 is 1.02 bits per heavy atom. The number of halogens is 1. The molecule has 0 bridgehead atoms. The fraction of sp³-hybridized carbons (Fsp3) is 0.424. The van der Waals surface area contributed by atoms with E-state index in [1.807, 2.05) is 79.7 Å². The number of anilines is 1. The van der Waals surface area contributed by atoms with E-state index in [-0.39, 0.29) is 30.8 Å². The first kappa shape index (κ1) is 30.5. The van der Waals surface area contributed by atoms with Gasteiger partial charge in [0.15, 0.2) is 6.29 Å². The predicted octanol–water partition coefficient (Wildman–Crippen LogP) is 5.75. The number of hydrogen-bond donors (Lipinski definition) is 4. The van der Waals surface area contributed by atoms with Crippen LogP contribution in [-0.4, -0.2) is 53.4 Å². The number of carbonyl (C=O) groups is 1. The molecule has 3 aromatic rings. The molecule has 224 valence electrons. The maximum Gasteiger partial charge on any atom is 0.319 e. The molecule has 0 spiro atoms. The molecule has 2 fully saturated rings. The molecule has 0 aromatic heterocycles.